The van der Waals surface area contributed by atoms with E-state index in [2.05, 4.69) is 77.7 Å². The Morgan fingerprint density at radius 1 is 0.452 bits per heavy atom. The van der Waals surface area contributed by atoms with E-state index in [1.54, 1.807) is 0 Å². The molecule has 0 N–H and O–H groups in total. The van der Waals surface area contributed by atoms with Gasteiger partial charge in [-0.25, -0.2) is 0 Å². The number of benzene rings is 4. The summed E-state index contributed by atoms with van der Waals surface area (Å²) < 4.78 is 0. The highest BCUT2D eigenvalue weighted by molar-refractivity contribution is 5.76. The van der Waals surface area contributed by atoms with Crippen LogP contribution in [-0.2, 0) is 0 Å². The molecule has 4 aromatic rings. The number of nitro benzene ring substituents is 2. The van der Waals surface area contributed by atoms with Gasteiger partial charge in [-0.2, -0.15) is 0 Å². The third kappa shape index (κ3) is 5.51. The van der Waals surface area contributed by atoms with Crippen molar-refractivity contribution in [2.45, 2.75) is 0 Å². The fraction of sp³-hybridized carbons (Fsp3) is 0. The van der Waals surface area contributed by atoms with Crippen LogP contribution in [0.25, 0.3) is 0 Å². The molecule has 4 aromatic carbocycles. The zero-order chi connectivity index (χ0) is 22.1. The Balaban J connectivity index is 0.000000196. The van der Waals surface area contributed by atoms with Gasteiger partial charge in [-0.05, 0) is 36.4 Å². The molecule has 0 heterocycles. The minimum Gasteiger partial charge on any atom is -0.311 e. The van der Waals surface area contributed by atoms with E-state index in [0.717, 1.165) is 12.1 Å². The molecule has 7 nitrogen and oxygen atoms in total. The summed E-state index contributed by atoms with van der Waals surface area (Å²) in [4.78, 5) is 21.1. The van der Waals surface area contributed by atoms with E-state index in [0.29, 0.717) is 0 Å². The molecule has 154 valence electrons. The van der Waals surface area contributed by atoms with Crippen molar-refractivity contribution < 1.29 is 9.85 Å². The average Bonchev–Trinajstić information content (AvgIpc) is 2.82. The topological polar surface area (TPSA) is 89.5 Å². The number of nitro groups is 2. The molecule has 0 fully saturated rings. The first-order valence-electron chi connectivity index (χ1n) is 9.41. The predicted molar refractivity (Wildman–Crippen MR) is 121 cm³/mol. The summed E-state index contributed by atoms with van der Waals surface area (Å²) in [7, 11) is 0. The maximum Gasteiger partial charge on any atom is 0.346 e. The molecular weight excluding hydrogens is 394 g/mol. The first-order valence-corrected chi connectivity index (χ1v) is 9.41. The van der Waals surface area contributed by atoms with Gasteiger partial charge in [0, 0.05) is 29.2 Å². The SMILES string of the molecule is O=[N+]([O-])c1ccccc1[N+](=O)[O-].c1ccc(N(c2ccccc2)c2ccccc2)cc1. The average molecular weight is 413 g/mol. The third-order valence-corrected chi connectivity index (χ3v) is 4.32. The summed E-state index contributed by atoms with van der Waals surface area (Å²) in [5, 5.41) is 20.5. The van der Waals surface area contributed by atoms with E-state index in [1.165, 1.54) is 29.2 Å². The summed E-state index contributed by atoms with van der Waals surface area (Å²) in [5.41, 5.74) is 2.53. The monoisotopic (exact) mass is 413 g/mol. The summed E-state index contributed by atoms with van der Waals surface area (Å²) in [5.74, 6) is 0. The Hall–Kier alpha value is -4.52. The van der Waals surface area contributed by atoms with Gasteiger partial charge in [0.1, 0.15) is 0 Å². The fourth-order valence-electron chi connectivity index (χ4n) is 2.95. The molecule has 0 atom stereocenters. The first kappa shape index (κ1) is 21.2. The minimum atomic E-state index is -0.780. The summed E-state index contributed by atoms with van der Waals surface area (Å²) in [6, 6.07) is 36.2. The highest BCUT2D eigenvalue weighted by Gasteiger charge is 2.21. The lowest BCUT2D eigenvalue weighted by molar-refractivity contribution is -0.422. The maximum absolute atomic E-state index is 10.2. The van der Waals surface area contributed by atoms with E-state index in [4.69, 9.17) is 0 Å². The van der Waals surface area contributed by atoms with Crippen LogP contribution in [0.4, 0.5) is 28.4 Å². The molecule has 0 aliphatic carbocycles. The number of hydrogen-bond donors (Lipinski definition) is 0. The first-order chi connectivity index (χ1) is 15.1. The molecular formula is C24H19N3O4. The molecule has 0 saturated heterocycles. The van der Waals surface area contributed by atoms with Gasteiger partial charge in [0.05, 0.1) is 9.85 Å². The minimum absolute atomic E-state index is 0.484. The number of rotatable bonds is 5. The number of anilines is 3. The molecule has 0 amide bonds. The van der Waals surface area contributed by atoms with Gasteiger partial charge < -0.3 is 4.90 Å². The van der Waals surface area contributed by atoms with Crippen LogP contribution >= 0.6 is 0 Å². The highest BCUT2D eigenvalue weighted by Crippen LogP contribution is 2.33. The van der Waals surface area contributed by atoms with Crippen LogP contribution in [0.1, 0.15) is 0 Å². The van der Waals surface area contributed by atoms with Crippen molar-refractivity contribution in [3.05, 3.63) is 135 Å². The zero-order valence-electron chi connectivity index (χ0n) is 16.4. The lowest BCUT2D eigenvalue weighted by Crippen LogP contribution is -2.09. The Morgan fingerprint density at radius 2 is 0.710 bits per heavy atom. The molecule has 4 rings (SSSR count). The van der Waals surface area contributed by atoms with Gasteiger partial charge in [-0.3, -0.25) is 20.2 Å². The Bertz CT molecular complexity index is 1010. The van der Waals surface area contributed by atoms with E-state index in [-0.39, 0.29) is 0 Å². The van der Waals surface area contributed by atoms with Gasteiger partial charge in [-0.1, -0.05) is 66.7 Å². The highest BCUT2D eigenvalue weighted by atomic mass is 16.6. The van der Waals surface area contributed by atoms with Gasteiger partial charge in [0.2, 0.25) is 0 Å². The summed E-state index contributed by atoms with van der Waals surface area (Å²) >= 11 is 0. The summed E-state index contributed by atoms with van der Waals surface area (Å²) in [6.07, 6.45) is 0. The van der Waals surface area contributed by atoms with Crippen LogP contribution in [0.2, 0.25) is 0 Å². The largest absolute Gasteiger partial charge is 0.346 e. The molecule has 31 heavy (non-hydrogen) atoms. The molecule has 0 aliphatic rings. The standard InChI is InChI=1S/C18H15N.C6H4N2O4/c1-4-10-16(11-5-1)19(17-12-6-2-7-13-17)18-14-8-3-9-15-18;9-7(10)5-3-1-2-4-6(5)8(11)12/h1-15H;1-4H. The van der Waals surface area contributed by atoms with E-state index >= 15 is 0 Å². The summed E-state index contributed by atoms with van der Waals surface area (Å²) in [6.45, 7) is 0. The lowest BCUT2D eigenvalue weighted by Gasteiger charge is -2.25. The molecule has 0 saturated carbocycles. The Morgan fingerprint density at radius 3 is 0.968 bits per heavy atom. The Kier molecular flexibility index (Phi) is 7.05. The second kappa shape index (κ2) is 10.3. The van der Waals surface area contributed by atoms with Crippen molar-refractivity contribution in [2.24, 2.45) is 0 Å². The van der Waals surface area contributed by atoms with Crippen molar-refractivity contribution in [3.8, 4) is 0 Å². The fourth-order valence-corrected chi connectivity index (χ4v) is 2.95. The van der Waals surface area contributed by atoms with Crippen LogP contribution in [0, 0.1) is 20.2 Å². The van der Waals surface area contributed by atoms with Crippen LogP contribution in [0.3, 0.4) is 0 Å². The number of nitrogens with zero attached hydrogens (tertiary/aromatic N) is 3. The smallest absolute Gasteiger partial charge is 0.311 e. The van der Waals surface area contributed by atoms with E-state index < -0.39 is 21.2 Å². The molecule has 0 radical (unpaired) electrons. The maximum atomic E-state index is 10.2. The van der Waals surface area contributed by atoms with E-state index in [9.17, 15) is 20.2 Å². The van der Waals surface area contributed by atoms with Crippen molar-refractivity contribution in [1.29, 1.82) is 0 Å². The van der Waals surface area contributed by atoms with Gasteiger partial charge in [0.25, 0.3) is 0 Å². The van der Waals surface area contributed by atoms with Crippen LogP contribution in [-0.4, -0.2) is 9.85 Å². The van der Waals surface area contributed by atoms with Crippen molar-refractivity contribution in [3.63, 3.8) is 0 Å². The predicted octanol–water partition coefficient (Wildman–Crippen LogP) is 6.66. The Labute approximate surface area is 179 Å². The molecule has 0 spiro atoms. The molecule has 7 heteroatoms. The molecule has 0 aromatic heterocycles. The van der Waals surface area contributed by atoms with Crippen molar-refractivity contribution >= 4 is 28.4 Å². The number of hydrogen-bond acceptors (Lipinski definition) is 5. The second-order valence-electron chi connectivity index (χ2n) is 6.34. The molecule has 0 unspecified atom stereocenters. The van der Waals surface area contributed by atoms with Gasteiger partial charge in [-0.15, -0.1) is 0 Å². The second-order valence-corrected chi connectivity index (χ2v) is 6.34. The number of para-hydroxylation sites is 5. The van der Waals surface area contributed by atoms with Gasteiger partial charge in [0.15, 0.2) is 0 Å². The van der Waals surface area contributed by atoms with Crippen LogP contribution in [0.5, 0.6) is 0 Å². The third-order valence-electron chi connectivity index (χ3n) is 4.32. The zero-order valence-corrected chi connectivity index (χ0v) is 16.4. The van der Waals surface area contributed by atoms with Gasteiger partial charge >= 0.3 is 11.4 Å². The molecule has 0 bridgehead atoms. The van der Waals surface area contributed by atoms with Crippen molar-refractivity contribution in [1.82, 2.24) is 0 Å². The molecule has 0 aliphatic heterocycles. The van der Waals surface area contributed by atoms with Crippen LogP contribution in [0.15, 0.2) is 115 Å². The van der Waals surface area contributed by atoms with Crippen molar-refractivity contribution in [2.75, 3.05) is 4.90 Å². The van der Waals surface area contributed by atoms with Crippen LogP contribution < -0.4 is 4.90 Å². The quantitative estimate of drug-likeness (QED) is 0.269. The normalized spacial score (nSPS) is 9.81. The lowest BCUT2D eigenvalue weighted by atomic mass is 10.2. The van der Waals surface area contributed by atoms with E-state index in [1.807, 2.05) is 18.2 Å².